The lowest BCUT2D eigenvalue weighted by atomic mass is 9.96. The van der Waals surface area contributed by atoms with E-state index in [1.165, 1.54) is 30.3 Å². The van der Waals surface area contributed by atoms with Gasteiger partial charge in [-0.2, -0.15) is 13.2 Å². The number of carbonyl (C=O) groups is 1. The molecule has 0 saturated carbocycles. The molecule has 4 nitrogen and oxygen atoms in total. The van der Waals surface area contributed by atoms with Crippen molar-refractivity contribution >= 4 is 16.7 Å². The van der Waals surface area contributed by atoms with Gasteiger partial charge >= 0.3 is 6.18 Å². The zero-order valence-electron chi connectivity index (χ0n) is 12.1. The molecule has 0 bridgehead atoms. The van der Waals surface area contributed by atoms with Gasteiger partial charge in [0.2, 0.25) is 0 Å². The molecule has 3 rings (SSSR count). The summed E-state index contributed by atoms with van der Waals surface area (Å²) < 4.78 is 39.8. The Hall–Kier alpha value is -3.09. The minimum absolute atomic E-state index is 0.151. The number of nitrogens with two attached hydrogens (primary N) is 1. The monoisotopic (exact) mass is 332 g/mol. The Morgan fingerprint density at radius 2 is 1.54 bits per heavy atom. The van der Waals surface area contributed by atoms with Gasteiger partial charge in [-0.1, -0.05) is 36.4 Å². The van der Waals surface area contributed by atoms with Gasteiger partial charge in [-0.3, -0.25) is 9.59 Å². The van der Waals surface area contributed by atoms with E-state index in [9.17, 15) is 22.8 Å². The van der Waals surface area contributed by atoms with Crippen LogP contribution in [-0.2, 0) is 6.18 Å². The number of pyridine rings is 1. The van der Waals surface area contributed by atoms with Crippen molar-refractivity contribution in [1.82, 2.24) is 4.98 Å². The van der Waals surface area contributed by atoms with Gasteiger partial charge in [0.25, 0.3) is 11.5 Å². The lowest BCUT2D eigenvalue weighted by molar-refractivity contribution is -0.137. The fourth-order valence-electron chi connectivity index (χ4n) is 2.68. The molecule has 1 heterocycles. The predicted octanol–water partition coefficient (Wildman–Crippen LogP) is 3.31. The number of halogens is 3. The van der Waals surface area contributed by atoms with Gasteiger partial charge in [0.15, 0.2) is 0 Å². The van der Waals surface area contributed by atoms with Crippen LogP contribution in [0, 0.1) is 0 Å². The van der Waals surface area contributed by atoms with Crippen LogP contribution in [-0.4, -0.2) is 10.9 Å². The van der Waals surface area contributed by atoms with Crippen molar-refractivity contribution < 1.29 is 18.0 Å². The maximum atomic E-state index is 13.3. The zero-order valence-corrected chi connectivity index (χ0v) is 12.1. The Bertz CT molecular complexity index is 1010. The largest absolute Gasteiger partial charge is 0.417 e. The van der Waals surface area contributed by atoms with Gasteiger partial charge in [-0.25, -0.2) is 0 Å². The Balaban J connectivity index is 2.47. The fraction of sp³-hybridized carbons (Fsp3) is 0.0588. The second kappa shape index (κ2) is 5.52. The number of amides is 1. The average Bonchev–Trinajstić information content (AvgIpc) is 2.53. The molecule has 0 aliphatic carbocycles. The van der Waals surface area contributed by atoms with E-state index in [4.69, 9.17) is 5.73 Å². The Morgan fingerprint density at radius 3 is 2.17 bits per heavy atom. The molecular formula is C17H11F3N2O2. The van der Waals surface area contributed by atoms with Crippen molar-refractivity contribution in [3.8, 4) is 11.3 Å². The number of benzene rings is 2. The SMILES string of the molecule is NC(=O)c1c(-c2ccccc2C(F)(F)F)[nH]c(=O)c2ccccc12. The van der Waals surface area contributed by atoms with Crippen molar-refractivity contribution in [3.05, 3.63) is 70.0 Å². The van der Waals surface area contributed by atoms with Crippen LogP contribution in [0.15, 0.2) is 53.3 Å². The van der Waals surface area contributed by atoms with Gasteiger partial charge in [0.1, 0.15) is 0 Å². The third-order valence-electron chi connectivity index (χ3n) is 3.68. The number of hydrogen-bond acceptors (Lipinski definition) is 2. The Morgan fingerprint density at radius 1 is 0.958 bits per heavy atom. The maximum absolute atomic E-state index is 13.3. The molecule has 1 amide bonds. The van der Waals surface area contributed by atoms with Crippen LogP contribution >= 0.6 is 0 Å². The van der Waals surface area contributed by atoms with Gasteiger partial charge in [-0.15, -0.1) is 0 Å². The molecule has 3 N–H and O–H groups in total. The first-order chi connectivity index (χ1) is 11.3. The van der Waals surface area contributed by atoms with Crippen molar-refractivity contribution in [2.24, 2.45) is 5.73 Å². The first kappa shape index (κ1) is 15.8. The van der Waals surface area contributed by atoms with Gasteiger partial charge in [-0.05, 0) is 12.1 Å². The van der Waals surface area contributed by atoms with Gasteiger partial charge in [0.05, 0.1) is 16.8 Å². The molecule has 0 unspecified atom stereocenters. The first-order valence-electron chi connectivity index (χ1n) is 6.92. The molecule has 0 atom stereocenters. The summed E-state index contributed by atoms with van der Waals surface area (Å²) in [7, 11) is 0. The van der Waals surface area contributed by atoms with Crippen molar-refractivity contribution in [1.29, 1.82) is 0 Å². The van der Waals surface area contributed by atoms with Crippen LogP contribution in [0.2, 0.25) is 0 Å². The third-order valence-corrected chi connectivity index (χ3v) is 3.68. The van der Waals surface area contributed by atoms with Crippen LogP contribution in [0.1, 0.15) is 15.9 Å². The normalized spacial score (nSPS) is 11.6. The number of primary amides is 1. The van der Waals surface area contributed by atoms with Crippen LogP contribution in [0.3, 0.4) is 0 Å². The van der Waals surface area contributed by atoms with Crippen molar-refractivity contribution in [2.45, 2.75) is 6.18 Å². The number of aromatic nitrogens is 1. The molecule has 0 aliphatic rings. The van der Waals surface area contributed by atoms with E-state index in [2.05, 4.69) is 4.98 Å². The highest BCUT2D eigenvalue weighted by Gasteiger charge is 2.34. The summed E-state index contributed by atoms with van der Waals surface area (Å²) in [6, 6.07) is 10.8. The molecule has 0 fully saturated rings. The second-order valence-corrected chi connectivity index (χ2v) is 5.16. The molecule has 3 aromatic rings. The number of H-pyrrole nitrogens is 1. The third kappa shape index (κ3) is 2.54. The number of aromatic amines is 1. The van der Waals surface area contributed by atoms with Gasteiger partial charge < -0.3 is 10.7 Å². The summed E-state index contributed by atoms with van der Waals surface area (Å²) >= 11 is 0. The van der Waals surface area contributed by atoms with E-state index < -0.39 is 23.2 Å². The van der Waals surface area contributed by atoms with Crippen LogP contribution in [0.4, 0.5) is 13.2 Å². The molecule has 0 spiro atoms. The summed E-state index contributed by atoms with van der Waals surface area (Å²) in [5.74, 6) is -0.922. The van der Waals surface area contributed by atoms with E-state index in [1.807, 2.05) is 0 Å². The summed E-state index contributed by atoms with van der Waals surface area (Å²) in [5, 5.41) is 0.389. The van der Waals surface area contributed by atoms with Crippen LogP contribution < -0.4 is 11.3 Å². The minimum atomic E-state index is -4.64. The topological polar surface area (TPSA) is 76.0 Å². The maximum Gasteiger partial charge on any atom is 0.417 e. The number of hydrogen-bond donors (Lipinski definition) is 2. The molecule has 1 aromatic heterocycles. The number of alkyl halides is 3. The van der Waals surface area contributed by atoms with E-state index in [0.29, 0.717) is 0 Å². The van der Waals surface area contributed by atoms with Crippen molar-refractivity contribution in [2.75, 3.05) is 0 Å². The van der Waals surface area contributed by atoms with E-state index >= 15 is 0 Å². The molecular weight excluding hydrogens is 321 g/mol. The zero-order chi connectivity index (χ0) is 17.5. The van der Waals surface area contributed by atoms with E-state index in [-0.39, 0.29) is 27.6 Å². The minimum Gasteiger partial charge on any atom is -0.366 e. The molecule has 2 aromatic carbocycles. The van der Waals surface area contributed by atoms with Crippen LogP contribution in [0.5, 0.6) is 0 Å². The molecule has 0 radical (unpaired) electrons. The highest BCUT2D eigenvalue weighted by Crippen LogP contribution is 2.38. The quantitative estimate of drug-likeness (QED) is 0.755. The van der Waals surface area contributed by atoms with E-state index in [1.54, 1.807) is 12.1 Å². The number of carbonyl (C=O) groups excluding carboxylic acids is 1. The lowest BCUT2D eigenvalue weighted by Crippen LogP contribution is -2.20. The summed E-state index contributed by atoms with van der Waals surface area (Å²) in [6.45, 7) is 0. The lowest BCUT2D eigenvalue weighted by Gasteiger charge is -2.15. The number of nitrogens with one attached hydrogen (secondary N) is 1. The predicted molar refractivity (Wildman–Crippen MR) is 83.5 cm³/mol. The molecule has 24 heavy (non-hydrogen) atoms. The average molecular weight is 332 g/mol. The smallest absolute Gasteiger partial charge is 0.366 e. The molecule has 0 saturated heterocycles. The fourth-order valence-corrected chi connectivity index (χ4v) is 2.68. The molecule has 0 aliphatic heterocycles. The molecule has 7 heteroatoms. The first-order valence-corrected chi connectivity index (χ1v) is 6.92. The molecule has 122 valence electrons. The second-order valence-electron chi connectivity index (χ2n) is 5.16. The number of fused-ring (bicyclic) bond motifs is 1. The van der Waals surface area contributed by atoms with Gasteiger partial charge in [0, 0.05) is 16.3 Å². The van der Waals surface area contributed by atoms with Crippen molar-refractivity contribution in [3.63, 3.8) is 0 Å². The highest BCUT2D eigenvalue weighted by atomic mass is 19.4. The summed E-state index contributed by atoms with van der Waals surface area (Å²) in [4.78, 5) is 26.5. The summed E-state index contributed by atoms with van der Waals surface area (Å²) in [6.07, 6.45) is -4.64. The Labute approximate surface area is 133 Å². The highest BCUT2D eigenvalue weighted by molar-refractivity contribution is 6.10. The summed E-state index contributed by atoms with van der Waals surface area (Å²) in [5.41, 5.74) is 3.14. The van der Waals surface area contributed by atoms with E-state index in [0.717, 1.165) is 6.07 Å². The standard InChI is InChI=1S/C17H11F3N2O2/c18-17(19,20)12-8-4-3-7-11(12)14-13(15(21)23)9-5-1-2-6-10(9)16(24)22-14/h1-8H,(H2,21,23)(H,22,24). The van der Waals surface area contributed by atoms with Crippen LogP contribution in [0.25, 0.3) is 22.0 Å². The number of rotatable bonds is 2. The Kier molecular flexibility index (Phi) is 3.63.